The van der Waals surface area contributed by atoms with E-state index in [1.807, 2.05) is 49.6 Å². The molecule has 0 bridgehead atoms. The Kier molecular flexibility index (Phi) is 11.5. The molecule has 16 nitrogen and oxygen atoms in total. The number of hydrogen-bond acceptors (Lipinski definition) is 10. The monoisotopic (exact) mass is 884 g/mol. The first-order valence-corrected chi connectivity index (χ1v) is 22.3. The number of hydrogen-bond donors (Lipinski definition) is 4. The van der Waals surface area contributed by atoms with Gasteiger partial charge in [0.1, 0.15) is 30.0 Å². The number of carboxylic acid groups (broad SMARTS) is 1. The van der Waals surface area contributed by atoms with Crippen molar-refractivity contribution in [1.82, 2.24) is 40.0 Å². The van der Waals surface area contributed by atoms with Gasteiger partial charge in [-0.05, 0) is 101 Å². The van der Waals surface area contributed by atoms with Gasteiger partial charge in [-0.3, -0.25) is 19.4 Å². The van der Waals surface area contributed by atoms with E-state index in [2.05, 4.69) is 63.8 Å². The third-order valence-electron chi connectivity index (χ3n) is 13.9. The van der Waals surface area contributed by atoms with Gasteiger partial charge < -0.3 is 39.5 Å². The fourth-order valence-electron chi connectivity index (χ4n) is 10.5. The molecule has 5 heterocycles. The Hall–Kier alpha value is -6.52. The summed E-state index contributed by atoms with van der Waals surface area (Å²) in [6.07, 6.45) is 1.18. The van der Waals surface area contributed by atoms with Gasteiger partial charge in [-0.25, -0.2) is 19.6 Å². The van der Waals surface area contributed by atoms with E-state index >= 15 is 0 Å². The van der Waals surface area contributed by atoms with Crippen LogP contribution in [0.5, 0.6) is 5.75 Å². The van der Waals surface area contributed by atoms with Crippen molar-refractivity contribution < 1.29 is 38.5 Å². The lowest BCUT2D eigenvalue weighted by molar-refractivity contribution is -0.138. The maximum absolute atomic E-state index is 13.7. The summed E-state index contributed by atoms with van der Waals surface area (Å²) >= 11 is 0. The highest BCUT2D eigenvalue weighted by Gasteiger charge is 2.53. The van der Waals surface area contributed by atoms with E-state index < -0.39 is 23.9 Å². The summed E-state index contributed by atoms with van der Waals surface area (Å²) in [5, 5.41) is 14.8. The average Bonchev–Trinajstić information content (AvgIpc) is 4.13. The van der Waals surface area contributed by atoms with Crippen LogP contribution in [0.1, 0.15) is 76.3 Å². The molecule has 340 valence electrons. The molecule has 4 N–H and O–H groups in total. The second-order valence-electron chi connectivity index (χ2n) is 18.3. The van der Waals surface area contributed by atoms with E-state index in [0.717, 1.165) is 96.3 Å². The number of carbonyl (C=O) groups excluding carboxylic acids is 3. The van der Waals surface area contributed by atoms with Crippen LogP contribution < -0.4 is 10.1 Å². The Morgan fingerprint density at radius 1 is 0.969 bits per heavy atom. The lowest BCUT2D eigenvalue weighted by Gasteiger charge is -2.47. The summed E-state index contributed by atoms with van der Waals surface area (Å²) in [7, 11) is 4.39. The number of imidazole rings is 2. The molecule has 2 saturated heterocycles. The number of nitrogens with one attached hydrogen (secondary N) is 3. The molecule has 3 amide bonds. The molecule has 9 rings (SSSR count). The van der Waals surface area contributed by atoms with Gasteiger partial charge in [0.25, 0.3) is 0 Å². The molecular formula is C49H56N8O8. The Morgan fingerprint density at radius 3 is 2.45 bits per heavy atom. The van der Waals surface area contributed by atoms with Gasteiger partial charge in [0.2, 0.25) is 5.91 Å². The minimum atomic E-state index is -1.42. The van der Waals surface area contributed by atoms with Crippen molar-refractivity contribution in [3.63, 3.8) is 0 Å². The third kappa shape index (κ3) is 7.51. The molecular weight excluding hydrogens is 829 g/mol. The Labute approximate surface area is 376 Å². The number of methoxy groups -OCH3 is 2. The number of ether oxygens (including phenoxy) is 3. The van der Waals surface area contributed by atoms with Gasteiger partial charge >= 0.3 is 12.2 Å². The number of likely N-dealkylation sites (tertiary alicyclic amines) is 2. The zero-order valence-corrected chi connectivity index (χ0v) is 37.8. The first-order chi connectivity index (χ1) is 31.3. The van der Waals surface area contributed by atoms with Crippen LogP contribution in [0, 0.1) is 17.8 Å². The fraction of sp³-hybridized carbons (Fsp3) is 0.429. The van der Waals surface area contributed by atoms with Crippen LogP contribution in [0.4, 0.5) is 9.59 Å². The van der Waals surface area contributed by atoms with Crippen LogP contribution in [0.25, 0.3) is 55.1 Å². The molecule has 0 radical (unpaired) electrons. The number of nitrogens with zero attached hydrogens (tertiary/aromatic N) is 5. The van der Waals surface area contributed by atoms with Crippen molar-refractivity contribution in [1.29, 1.82) is 0 Å². The molecule has 0 saturated carbocycles. The van der Waals surface area contributed by atoms with Gasteiger partial charge in [0, 0.05) is 38.2 Å². The molecule has 0 spiro atoms. The Balaban J connectivity index is 0.994. The van der Waals surface area contributed by atoms with Gasteiger partial charge in [-0.2, -0.15) is 0 Å². The number of benzene rings is 4. The van der Waals surface area contributed by atoms with Crippen molar-refractivity contribution >= 4 is 57.2 Å². The van der Waals surface area contributed by atoms with E-state index in [1.54, 1.807) is 7.11 Å². The molecule has 0 unspecified atom stereocenters. The second-order valence-corrected chi connectivity index (χ2v) is 18.3. The topological polar surface area (TPSA) is 195 Å². The molecule has 3 aliphatic rings. The highest BCUT2D eigenvalue weighted by molar-refractivity contribution is 6.07. The van der Waals surface area contributed by atoms with E-state index in [0.29, 0.717) is 38.5 Å². The van der Waals surface area contributed by atoms with Crippen LogP contribution in [0.3, 0.4) is 0 Å². The number of aromatic amines is 2. The minimum Gasteiger partial charge on any atom is -0.488 e. The van der Waals surface area contributed by atoms with Gasteiger partial charge in [0.15, 0.2) is 11.9 Å². The standard InChI is InChI=1S/C49H56N8O8/c1-26(2)42(54-47(60)64-7)46(59)56-16-8-9-39(56)44-50-36-14-11-30(20-38(36)52-44)29-10-13-33-32(18-29)24-65-41-21-34-31(19-35(33)41)12-15-37-43(34)53-45(51-37)40-17-28(23-63-6)22-57(40)49(25-58,27(3)4)55(5)48(61)62/h10-15,18-21,25-28,39-40,42H,8-9,16-17,22-24H2,1-7H3,(H,50,52)(H,51,53)(H,54,60)(H,61,62)/t28-,39-,40-,42-,49-/m0/s1. The molecule has 5 atom stereocenters. The van der Waals surface area contributed by atoms with E-state index in [-0.39, 0.29) is 35.7 Å². The maximum atomic E-state index is 13.7. The Morgan fingerprint density at radius 2 is 1.72 bits per heavy atom. The second kappa shape index (κ2) is 17.1. The summed E-state index contributed by atoms with van der Waals surface area (Å²) in [4.78, 5) is 73.3. The molecule has 16 heteroatoms. The highest BCUT2D eigenvalue weighted by atomic mass is 16.5. The lowest BCUT2D eigenvalue weighted by atomic mass is 9.91. The fourth-order valence-corrected chi connectivity index (χ4v) is 10.5. The third-order valence-corrected chi connectivity index (χ3v) is 13.9. The number of alkyl carbamates (subject to hydrolysis) is 1. The van der Waals surface area contributed by atoms with Crippen molar-refractivity contribution in [3.05, 3.63) is 77.9 Å². The number of carbonyl (C=O) groups is 4. The first-order valence-electron chi connectivity index (χ1n) is 22.3. The molecule has 65 heavy (non-hydrogen) atoms. The number of aromatic nitrogens is 4. The van der Waals surface area contributed by atoms with Crippen LogP contribution >= 0.6 is 0 Å². The van der Waals surface area contributed by atoms with Crippen molar-refractivity contribution in [2.45, 2.75) is 77.4 Å². The van der Waals surface area contributed by atoms with Crippen molar-refractivity contribution in [2.75, 3.05) is 41.0 Å². The smallest absolute Gasteiger partial charge is 0.408 e. The van der Waals surface area contributed by atoms with E-state index in [9.17, 15) is 24.3 Å². The molecule has 4 aromatic carbocycles. The minimum absolute atomic E-state index is 0.0620. The maximum Gasteiger partial charge on any atom is 0.408 e. The number of H-pyrrole nitrogens is 2. The number of aldehydes is 1. The quantitative estimate of drug-likeness (QED) is 0.0869. The normalized spacial score (nSPS) is 19.9. The highest BCUT2D eigenvalue weighted by Crippen LogP contribution is 2.46. The summed E-state index contributed by atoms with van der Waals surface area (Å²) in [5.41, 5.74) is 7.05. The lowest BCUT2D eigenvalue weighted by Crippen LogP contribution is -2.65. The molecule has 6 aromatic rings. The van der Waals surface area contributed by atoms with Crippen molar-refractivity contribution in [2.24, 2.45) is 17.8 Å². The molecule has 0 aliphatic carbocycles. The number of amides is 3. The number of fused-ring (bicyclic) bond motifs is 7. The number of likely N-dealkylation sites (N-methyl/N-ethyl adjacent to an activating group) is 1. The predicted molar refractivity (Wildman–Crippen MR) is 245 cm³/mol. The number of rotatable bonds is 12. The van der Waals surface area contributed by atoms with Crippen molar-refractivity contribution in [3.8, 4) is 28.0 Å². The van der Waals surface area contributed by atoms with Crippen LogP contribution in [-0.2, 0) is 25.7 Å². The average molecular weight is 885 g/mol. The first kappa shape index (κ1) is 43.7. The van der Waals surface area contributed by atoms with Crippen LogP contribution in [0.2, 0.25) is 0 Å². The predicted octanol–water partition coefficient (Wildman–Crippen LogP) is 8.03. The zero-order valence-electron chi connectivity index (χ0n) is 37.8. The summed E-state index contributed by atoms with van der Waals surface area (Å²) < 4.78 is 16.8. The van der Waals surface area contributed by atoms with E-state index in [1.165, 1.54) is 14.2 Å². The SMILES string of the molecule is COC[C@H]1C[C@@H](c2nc3c(ccc4cc5c(cc43)OCc3cc(-c4ccc6nc([C@@H]7CCCN7C(=O)[C@@H](NC(=O)OC)C(C)C)[nH]c6c4)ccc3-5)[nH]2)N([C@@](C=O)(C(C)C)N(C)C(=O)O)C1. The van der Waals surface area contributed by atoms with Gasteiger partial charge in [-0.15, -0.1) is 0 Å². The van der Waals surface area contributed by atoms with Crippen LogP contribution in [0.15, 0.2) is 60.7 Å². The summed E-state index contributed by atoms with van der Waals surface area (Å²) in [5.74, 6) is 1.59. The summed E-state index contributed by atoms with van der Waals surface area (Å²) in [6, 6.07) is 19.6. The molecule has 2 fully saturated rings. The van der Waals surface area contributed by atoms with Gasteiger partial charge in [-0.1, -0.05) is 52.0 Å². The molecule has 3 aliphatic heterocycles. The summed E-state index contributed by atoms with van der Waals surface area (Å²) in [6.45, 7) is 9.44. The van der Waals surface area contributed by atoms with E-state index in [4.69, 9.17) is 24.2 Å². The molecule has 2 aromatic heterocycles. The van der Waals surface area contributed by atoms with Crippen LogP contribution in [-0.4, -0.2) is 117 Å². The van der Waals surface area contributed by atoms with Gasteiger partial charge in [0.05, 0.1) is 47.9 Å². The largest absolute Gasteiger partial charge is 0.488 e. The Bertz CT molecular complexity index is 2840. The zero-order chi connectivity index (χ0) is 45.9.